The van der Waals surface area contributed by atoms with Gasteiger partial charge in [-0.3, -0.25) is 4.79 Å². The van der Waals surface area contributed by atoms with Crippen LogP contribution in [-0.2, 0) is 0 Å². The maximum Gasteiger partial charge on any atom is 0.254 e. The Morgan fingerprint density at radius 3 is 2.80 bits per heavy atom. The quantitative estimate of drug-likeness (QED) is 0.864. The van der Waals surface area contributed by atoms with Crippen LogP contribution in [0.4, 0.5) is 0 Å². The van der Waals surface area contributed by atoms with E-state index in [0.717, 1.165) is 42.7 Å². The lowest BCUT2D eigenvalue weighted by atomic mass is 9.72. The number of nitrogens with one attached hydrogen (secondary N) is 1. The molecular weight excluding hydrogens is 252 g/mol. The Labute approximate surface area is 117 Å². The number of piperidine rings is 1. The van der Waals surface area contributed by atoms with Crippen LogP contribution in [0.25, 0.3) is 11.0 Å². The molecule has 1 spiro atoms. The molecule has 0 saturated carbocycles. The molecule has 2 aromatic rings. The fourth-order valence-electron chi connectivity index (χ4n) is 3.45. The van der Waals surface area contributed by atoms with Crippen molar-refractivity contribution in [3.05, 3.63) is 36.1 Å². The molecule has 1 amide bonds. The van der Waals surface area contributed by atoms with Crippen molar-refractivity contribution in [2.45, 2.75) is 12.8 Å². The van der Waals surface area contributed by atoms with E-state index in [2.05, 4.69) is 5.32 Å². The van der Waals surface area contributed by atoms with Crippen molar-refractivity contribution in [2.75, 3.05) is 26.2 Å². The molecule has 3 heterocycles. The zero-order valence-electron chi connectivity index (χ0n) is 11.4. The number of hydrogen-bond acceptors (Lipinski definition) is 3. The van der Waals surface area contributed by atoms with Crippen molar-refractivity contribution in [3.63, 3.8) is 0 Å². The van der Waals surface area contributed by atoms with Gasteiger partial charge in [0.25, 0.3) is 5.91 Å². The normalized spacial score (nSPS) is 21.1. The molecule has 2 fully saturated rings. The highest BCUT2D eigenvalue weighted by atomic mass is 16.3. The molecule has 1 aromatic carbocycles. The van der Waals surface area contributed by atoms with Crippen molar-refractivity contribution in [1.29, 1.82) is 0 Å². The fraction of sp³-hybridized carbons (Fsp3) is 0.438. The summed E-state index contributed by atoms with van der Waals surface area (Å²) in [6.45, 7) is 3.98. The summed E-state index contributed by atoms with van der Waals surface area (Å²) >= 11 is 0. The summed E-state index contributed by atoms with van der Waals surface area (Å²) in [7, 11) is 0. The Morgan fingerprint density at radius 1 is 1.20 bits per heavy atom. The van der Waals surface area contributed by atoms with E-state index in [-0.39, 0.29) is 5.91 Å². The first-order chi connectivity index (χ1) is 9.76. The number of furan rings is 1. The number of hydrogen-bond donors (Lipinski definition) is 1. The van der Waals surface area contributed by atoms with Crippen LogP contribution in [0, 0.1) is 5.41 Å². The first-order valence-corrected chi connectivity index (χ1v) is 7.23. The van der Waals surface area contributed by atoms with Crippen molar-refractivity contribution in [1.82, 2.24) is 10.2 Å². The molecule has 1 aromatic heterocycles. The van der Waals surface area contributed by atoms with Gasteiger partial charge in [-0.05, 0) is 44.1 Å². The first kappa shape index (κ1) is 12.0. The van der Waals surface area contributed by atoms with Crippen LogP contribution in [0.15, 0.2) is 34.9 Å². The average Bonchev–Trinajstić information content (AvgIpc) is 2.92. The summed E-state index contributed by atoms with van der Waals surface area (Å²) in [5, 5.41) is 4.43. The molecular formula is C16H18N2O2. The van der Waals surface area contributed by atoms with Gasteiger partial charge in [0.05, 0.1) is 6.26 Å². The Balaban J connectivity index is 1.50. The fourth-order valence-corrected chi connectivity index (χ4v) is 3.45. The molecule has 1 N–H and O–H groups in total. The Kier molecular flexibility index (Phi) is 2.60. The van der Waals surface area contributed by atoms with E-state index in [4.69, 9.17) is 4.42 Å². The number of nitrogens with zero attached hydrogens (tertiary/aromatic N) is 1. The second kappa shape index (κ2) is 4.35. The van der Waals surface area contributed by atoms with Crippen LogP contribution in [-0.4, -0.2) is 37.0 Å². The molecule has 0 atom stereocenters. The van der Waals surface area contributed by atoms with Crippen LogP contribution in [0.1, 0.15) is 23.2 Å². The monoisotopic (exact) mass is 270 g/mol. The largest absolute Gasteiger partial charge is 0.464 e. The average molecular weight is 270 g/mol. The molecule has 4 rings (SSSR count). The van der Waals surface area contributed by atoms with Gasteiger partial charge in [0.15, 0.2) is 0 Å². The molecule has 104 valence electrons. The zero-order chi connectivity index (χ0) is 13.6. The smallest absolute Gasteiger partial charge is 0.254 e. The summed E-state index contributed by atoms with van der Waals surface area (Å²) in [5.41, 5.74) is 1.90. The van der Waals surface area contributed by atoms with E-state index in [1.165, 1.54) is 12.8 Å². The molecule has 2 aliphatic rings. The zero-order valence-corrected chi connectivity index (χ0v) is 11.4. The van der Waals surface area contributed by atoms with Gasteiger partial charge in [-0.15, -0.1) is 0 Å². The van der Waals surface area contributed by atoms with Gasteiger partial charge in [-0.1, -0.05) is 6.07 Å². The van der Waals surface area contributed by atoms with Crippen LogP contribution >= 0.6 is 0 Å². The van der Waals surface area contributed by atoms with Gasteiger partial charge in [0.1, 0.15) is 5.58 Å². The maximum absolute atomic E-state index is 12.5. The lowest BCUT2D eigenvalue weighted by Crippen LogP contribution is -2.61. The van der Waals surface area contributed by atoms with Gasteiger partial charge in [-0.2, -0.15) is 0 Å². The van der Waals surface area contributed by atoms with Gasteiger partial charge >= 0.3 is 0 Å². The molecule has 2 aliphatic heterocycles. The number of likely N-dealkylation sites (tertiary alicyclic amines) is 1. The van der Waals surface area contributed by atoms with Crippen molar-refractivity contribution in [3.8, 4) is 0 Å². The van der Waals surface area contributed by atoms with Crippen molar-refractivity contribution in [2.24, 2.45) is 5.41 Å². The molecule has 4 heteroatoms. The highest BCUT2D eigenvalue weighted by Crippen LogP contribution is 2.39. The Hall–Kier alpha value is -1.81. The summed E-state index contributed by atoms with van der Waals surface area (Å²) in [6.07, 6.45) is 4.04. The van der Waals surface area contributed by atoms with Crippen LogP contribution < -0.4 is 5.32 Å². The van der Waals surface area contributed by atoms with E-state index in [1.54, 1.807) is 6.26 Å². The maximum atomic E-state index is 12.5. The number of fused-ring (bicyclic) bond motifs is 1. The topological polar surface area (TPSA) is 45.5 Å². The SMILES string of the molecule is O=C(c1ccc2ccoc2c1)N1CC2(CCNCC2)C1. The van der Waals surface area contributed by atoms with E-state index in [9.17, 15) is 4.79 Å². The Bertz CT molecular complexity index is 647. The van der Waals surface area contributed by atoms with E-state index >= 15 is 0 Å². The molecule has 0 aliphatic carbocycles. The molecule has 4 nitrogen and oxygen atoms in total. The number of carbonyl (C=O) groups is 1. The van der Waals surface area contributed by atoms with Gasteiger partial charge < -0.3 is 14.6 Å². The molecule has 0 bridgehead atoms. The summed E-state index contributed by atoms with van der Waals surface area (Å²) in [4.78, 5) is 14.5. The number of rotatable bonds is 1. The van der Waals surface area contributed by atoms with E-state index in [1.807, 2.05) is 29.2 Å². The lowest BCUT2D eigenvalue weighted by Gasteiger charge is -2.52. The minimum Gasteiger partial charge on any atom is -0.464 e. The van der Waals surface area contributed by atoms with Gasteiger partial charge in [-0.25, -0.2) is 0 Å². The number of amides is 1. The summed E-state index contributed by atoms with van der Waals surface area (Å²) < 4.78 is 5.37. The molecule has 2 saturated heterocycles. The number of carbonyl (C=O) groups excluding carboxylic acids is 1. The predicted octanol–water partition coefficient (Wildman–Crippen LogP) is 2.26. The van der Waals surface area contributed by atoms with E-state index < -0.39 is 0 Å². The lowest BCUT2D eigenvalue weighted by molar-refractivity contribution is -0.0113. The summed E-state index contributed by atoms with van der Waals surface area (Å²) in [6, 6.07) is 7.61. The highest BCUT2D eigenvalue weighted by molar-refractivity contribution is 5.98. The third-order valence-corrected chi connectivity index (χ3v) is 4.71. The number of benzene rings is 1. The molecule has 20 heavy (non-hydrogen) atoms. The second-order valence-electron chi connectivity index (χ2n) is 6.08. The minimum absolute atomic E-state index is 0.132. The van der Waals surface area contributed by atoms with Crippen molar-refractivity contribution < 1.29 is 9.21 Å². The van der Waals surface area contributed by atoms with Crippen LogP contribution in [0.5, 0.6) is 0 Å². The minimum atomic E-state index is 0.132. The predicted molar refractivity (Wildman–Crippen MR) is 76.7 cm³/mol. The first-order valence-electron chi connectivity index (χ1n) is 7.23. The second-order valence-corrected chi connectivity index (χ2v) is 6.08. The Morgan fingerprint density at radius 2 is 2.00 bits per heavy atom. The highest BCUT2D eigenvalue weighted by Gasteiger charge is 2.45. The summed E-state index contributed by atoms with van der Waals surface area (Å²) in [5.74, 6) is 0.132. The van der Waals surface area contributed by atoms with Gasteiger partial charge in [0.2, 0.25) is 0 Å². The van der Waals surface area contributed by atoms with Gasteiger partial charge in [0, 0.05) is 29.5 Å². The van der Waals surface area contributed by atoms with Crippen molar-refractivity contribution >= 4 is 16.9 Å². The standard InChI is InChI=1S/C16H18N2O2/c19-15(13-2-1-12-3-8-20-14(12)9-13)18-10-16(11-18)4-6-17-7-5-16/h1-3,8-9,17H,4-7,10-11H2. The van der Waals surface area contributed by atoms with E-state index in [0.29, 0.717) is 5.41 Å². The third kappa shape index (κ3) is 1.83. The molecule has 0 unspecified atom stereocenters. The third-order valence-electron chi connectivity index (χ3n) is 4.71. The van der Waals surface area contributed by atoms with Crippen LogP contribution in [0.3, 0.4) is 0 Å². The van der Waals surface area contributed by atoms with Crippen LogP contribution in [0.2, 0.25) is 0 Å². The molecule has 0 radical (unpaired) electrons.